The minimum atomic E-state index is -2.70. The summed E-state index contributed by atoms with van der Waals surface area (Å²) in [5, 5.41) is 8.33. The maximum absolute atomic E-state index is 12.0. The number of rotatable bonds is 3. The molecule has 1 N–H and O–H groups in total. The van der Waals surface area contributed by atoms with Crippen molar-refractivity contribution in [3.05, 3.63) is 23.8 Å². The van der Waals surface area contributed by atoms with Gasteiger partial charge in [-0.05, 0) is 6.07 Å². The molecule has 0 bridgehead atoms. The van der Waals surface area contributed by atoms with Crippen molar-refractivity contribution in [2.24, 2.45) is 0 Å². The Kier molecular flexibility index (Phi) is 2.84. The molecule has 0 amide bonds. The quantitative estimate of drug-likeness (QED) is 0.769. The molecule has 1 aromatic heterocycles. The highest BCUT2D eigenvalue weighted by Gasteiger charge is 2.10. The molecule has 0 aliphatic carbocycles. The maximum Gasteiger partial charge on any atom is 0.311 e. The van der Waals surface area contributed by atoms with E-state index in [1.54, 1.807) is 0 Å². The Morgan fingerprint density at radius 3 is 2.85 bits per heavy atom. The van der Waals surface area contributed by atoms with Crippen LogP contribution in [-0.2, 0) is 11.2 Å². The lowest BCUT2D eigenvalue weighted by atomic mass is 10.3. The van der Waals surface area contributed by atoms with E-state index in [9.17, 15) is 13.6 Å². The number of aliphatic carboxylic acids is 1. The standard InChI is InChI=1S/C7H6F2N2O2/c8-7(9)4-1-2-10-5(11-4)3-6(12)13/h1-2,7H,3H2,(H,12,13). The Hall–Kier alpha value is -1.59. The summed E-state index contributed by atoms with van der Waals surface area (Å²) in [5.74, 6) is -1.25. The molecule has 13 heavy (non-hydrogen) atoms. The molecule has 4 nitrogen and oxygen atoms in total. The Morgan fingerprint density at radius 1 is 1.62 bits per heavy atom. The second-order valence-corrected chi connectivity index (χ2v) is 2.27. The number of aromatic nitrogens is 2. The number of alkyl halides is 2. The highest BCUT2D eigenvalue weighted by molar-refractivity contribution is 5.68. The zero-order valence-electron chi connectivity index (χ0n) is 6.44. The van der Waals surface area contributed by atoms with E-state index in [4.69, 9.17) is 5.11 Å². The topological polar surface area (TPSA) is 63.1 Å². The van der Waals surface area contributed by atoms with E-state index in [0.29, 0.717) is 0 Å². The maximum atomic E-state index is 12.0. The van der Waals surface area contributed by atoms with Gasteiger partial charge in [0.2, 0.25) is 0 Å². The average molecular weight is 188 g/mol. The predicted octanol–water partition coefficient (Wildman–Crippen LogP) is 1.04. The van der Waals surface area contributed by atoms with Crippen molar-refractivity contribution in [3.8, 4) is 0 Å². The van der Waals surface area contributed by atoms with Crippen LogP contribution in [-0.4, -0.2) is 21.0 Å². The van der Waals surface area contributed by atoms with E-state index >= 15 is 0 Å². The van der Waals surface area contributed by atoms with Gasteiger partial charge in [-0.3, -0.25) is 4.79 Å². The molecule has 0 aromatic carbocycles. The molecule has 1 rings (SSSR count). The van der Waals surface area contributed by atoms with Gasteiger partial charge in [-0.15, -0.1) is 0 Å². The molecule has 0 atom stereocenters. The summed E-state index contributed by atoms with van der Waals surface area (Å²) < 4.78 is 24.1. The molecule has 0 fully saturated rings. The summed E-state index contributed by atoms with van der Waals surface area (Å²) in [4.78, 5) is 17.1. The van der Waals surface area contributed by atoms with E-state index in [2.05, 4.69) is 9.97 Å². The van der Waals surface area contributed by atoms with Crippen molar-refractivity contribution in [1.29, 1.82) is 0 Å². The summed E-state index contributed by atoms with van der Waals surface area (Å²) >= 11 is 0. The van der Waals surface area contributed by atoms with Crippen LogP contribution in [0, 0.1) is 0 Å². The second kappa shape index (κ2) is 3.88. The lowest BCUT2D eigenvalue weighted by Gasteiger charge is -1.99. The number of carboxylic acid groups (broad SMARTS) is 1. The summed E-state index contributed by atoms with van der Waals surface area (Å²) in [6, 6.07) is 1.05. The Labute approximate surface area is 72.3 Å². The number of hydrogen-bond acceptors (Lipinski definition) is 3. The number of carbonyl (C=O) groups is 1. The molecule has 0 spiro atoms. The monoisotopic (exact) mass is 188 g/mol. The third kappa shape index (κ3) is 2.73. The van der Waals surface area contributed by atoms with Gasteiger partial charge >= 0.3 is 5.97 Å². The first-order chi connectivity index (χ1) is 6.09. The third-order valence-corrected chi connectivity index (χ3v) is 1.26. The van der Waals surface area contributed by atoms with Gasteiger partial charge in [-0.25, -0.2) is 18.7 Å². The van der Waals surface area contributed by atoms with E-state index in [0.717, 1.165) is 12.3 Å². The SMILES string of the molecule is O=C(O)Cc1nccc(C(F)F)n1. The number of carboxylic acids is 1. The van der Waals surface area contributed by atoms with Crippen molar-refractivity contribution in [3.63, 3.8) is 0 Å². The molecule has 1 heterocycles. The third-order valence-electron chi connectivity index (χ3n) is 1.26. The van der Waals surface area contributed by atoms with Gasteiger partial charge < -0.3 is 5.11 Å². The van der Waals surface area contributed by atoms with Gasteiger partial charge in [0.05, 0.1) is 0 Å². The van der Waals surface area contributed by atoms with E-state index in [1.807, 2.05) is 0 Å². The highest BCUT2D eigenvalue weighted by Crippen LogP contribution is 2.14. The van der Waals surface area contributed by atoms with Crippen molar-refractivity contribution in [2.75, 3.05) is 0 Å². The molecule has 70 valence electrons. The normalized spacial score (nSPS) is 10.4. The van der Waals surface area contributed by atoms with Crippen LogP contribution >= 0.6 is 0 Å². The van der Waals surface area contributed by atoms with Crippen molar-refractivity contribution < 1.29 is 18.7 Å². The first kappa shape index (κ1) is 9.50. The Morgan fingerprint density at radius 2 is 2.31 bits per heavy atom. The first-order valence-corrected chi connectivity index (χ1v) is 3.41. The molecule has 0 aliphatic heterocycles. The van der Waals surface area contributed by atoms with E-state index < -0.39 is 24.5 Å². The molecular weight excluding hydrogens is 182 g/mol. The minimum absolute atomic E-state index is 0.106. The van der Waals surface area contributed by atoms with Crippen molar-refractivity contribution in [1.82, 2.24) is 9.97 Å². The zero-order chi connectivity index (χ0) is 9.84. The van der Waals surface area contributed by atoms with Crippen LogP contribution in [0.5, 0.6) is 0 Å². The zero-order valence-corrected chi connectivity index (χ0v) is 6.44. The van der Waals surface area contributed by atoms with Crippen LogP contribution in [0.3, 0.4) is 0 Å². The van der Waals surface area contributed by atoms with Gasteiger partial charge in [-0.2, -0.15) is 0 Å². The van der Waals surface area contributed by atoms with Gasteiger partial charge in [0.15, 0.2) is 0 Å². The van der Waals surface area contributed by atoms with Crippen LogP contribution in [0.15, 0.2) is 12.3 Å². The van der Waals surface area contributed by atoms with Crippen LogP contribution in [0.25, 0.3) is 0 Å². The Balaban J connectivity index is 2.85. The summed E-state index contributed by atoms with van der Waals surface area (Å²) in [7, 11) is 0. The number of hydrogen-bond donors (Lipinski definition) is 1. The van der Waals surface area contributed by atoms with Crippen LogP contribution in [0.2, 0.25) is 0 Å². The number of halogens is 2. The largest absolute Gasteiger partial charge is 0.481 e. The predicted molar refractivity (Wildman–Crippen MR) is 38.3 cm³/mol. The van der Waals surface area contributed by atoms with Crippen molar-refractivity contribution in [2.45, 2.75) is 12.8 Å². The Bertz CT molecular complexity index is 317. The number of nitrogens with zero attached hydrogens (tertiary/aromatic N) is 2. The van der Waals surface area contributed by atoms with Crippen LogP contribution in [0.4, 0.5) is 8.78 Å². The molecule has 0 saturated heterocycles. The second-order valence-electron chi connectivity index (χ2n) is 2.27. The molecule has 0 unspecified atom stereocenters. The molecule has 1 aromatic rings. The van der Waals surface area contributed by atoms with E-state index in [1.165, 1.54) is 0 Å². The van der Waals surface area contributed by atoms with Crippen molar-refractivity contribution >= 4 is 5.97 Å². The summed E-state index contributed by atoms with van der Waals surface area (Å²) in [6.45, 7) is 0. The van der Waals surface area contributed by atoms with Gasteiger partial charge in [0.25, 0.3) is 6.43 Å². The van der Waals surface area contributed by atoms with Gasteiger partial charge in [0.1, 0.15) is 17.9 Å². The lowest BCUT2D eigenvalue weighted by Crippen LogP contribution is -2.06. The van der Waals surface area contributed by atoms with Gasteiger partial charge in [-0.1, -0.05) is 0 Å². The smallest absolute Gasteiger partial charge is 0.311 e. The van der Waals surface area contributed by atoms with Gasteiger partial charge in [0, 0.05) is 6.20 Å². The molecular formula is C7H6F2N2O2. The lowest BCUT2D eigenvalue weighted by molar-refractivity contribution is -0.136. The highest BCUT2D eigenvalue weighted by atomic mass is 19.3. The average Bonchev–Trinajstić information content (AvgIpc) is 2.03. The minimum Gasteiger partial charge on any atom is -0.481 e. The fourth-order valence-electron chi connectivity index (χ4n) is 0.757. The summed E-state index contributed by atoms with van der Waals surface area (Å²) in [6.07, 6.45) is -2.02. The van der Waals surface area contributed by atoms with E-state index in [-0.39, 0.29) is 5.82 Å². The first-order valence-electron chi connectivity index (χ1n) is 3.41. The molecule has 0 saturated carbocycles. The fourth-order valence-corrected chi connectivity index (χ4v) is 0.757. The molecule has 6 heteroatoms. The fraction of sp³-hybridized carbons (Fsp3) is 0.286. The summed E-state index contributed by atoms with van der Waals surface area (Å²) in [5.41, 5.74) is -0.453. The van der Waals surface area contributed by atoms with Crippen LogP contribution < -0.4 is 0 Å². The van der Waals surface area contributed by atoms with Crippen LogP contribution in [0.1, 0.15) is 17.9 Å². The molecule has 0 radical (unpaired) electrons. The molecule has 0 aliphatic rings.